The number of rotatable bonds is 4. The zero-order chi connectivity index (χ0) is 25.4. The monoisotopic (exact) mass is 1320 g/mol. The van der Waals surface area contributed by atoms with Crippen molar-refractivity contribution in [3.05, 3.63) is 0 Å². The number of aromatic nitrogens is 12. The Morgan fingerprint density at radius 3 is 0.795 bits per heavy atom. The molecule has 0 aromatic carbocycles. The molecule has 0 amide bonds. The summed E-state index contributed by atoms with van der Waals surface area (Å²) in [5, 5.41) is 10.1. The van der Waals surface area contributed by atoms with Gasteiger partial charge < -0.3 is 0 Å². The second-order valence-corrected chi connectivity index (χ2v) is 160. The molecule has 12 heterocycles. The average Bonchev–Trinajstić information content (AvgIpc) is 2.80. The number of fused-ring (bicyclic) bond motifs is 4. The predicted molar refractivity (Wildman–Crippen MR) is 167 cm³/mol. The molecule has 27 heteroatoms. The van der Waals surface area contributed by atoms with Gasteiger partial charge in [0.1, 0.15) is 0 Å². The summed E-state index contributed by atoms with van der Waals surface area (Å²) in [5.41, 5.74) is 0. The van der Waals surface area contributed by atoms with Crippen LogP contribution in [0.25, 0.3) is 0 Å². The van der Waals surface area contributed by atoms with E-state index < -0.39 is 45.5 Å². The fraction of sp³-hybridized carbons (Fsp3) is 0. The molecule has 1 spiro atoms. The molecule has 0 unspecified atom stereocenters. The van der Waals surface area contributed by atoms with Crippen LogP contribution in [0.4, 0.5) is 0 Å². The van der Waals surface area contributed by atoms with Gasteiger partial charge in [0.05, 0.1) is 0 Å². The Bertz CT molecular complexity index is 1500. The minimum atomic E-state index is -3.26. The summed E-state index contributed by atoms with van der Waals surface area (Å²) < 4.78 is 0. The molecule has 12 bridgehead atoms. The Labute approximate surface area is 261 Å². The normalized spacial score (nSPS) is 22.2. The Kier molecular flexibility index (Phi) is 6.96. The van der Waals surface area contributed by atoms with Gasteiger partial charge in [0.25, 0.3) is 0 Å². The van der Waals surface area contributed by atoms with Crippen LogP contribution in [0.1, 0.15) is 0 Å². The van der Waals surface area contributed by atoms with E-state index in [1.165, 1.54) is 0 Å². The van der Waals surface area contributed by atoms with E-state index in [4.69, 9.17) is 29.9 Å². The molecule has 4 aromatic rings. The maximum atomic E-state index is 4.92. The van der Waals surface area contributed by atoms with Gasteiger partial charge >= 0.3 is 267 Å². The third-order valence-corrected chi connectivity index (χ3v) is 152. The molecule has 0 atom stereocenters. The van der Waals surface area contributed by atoms with Gasteiger partial charge in [-0.1, -0.05) is 0 Å². The standard InChI is InChI=1S/4C3H3N3S3.3Pb/c4*7-1-4-2(8)6-3(9)5-1;;;/h4*(H3,4,5,6,7,8,9);;;/q;;;;3*+4/p-12. The molecule has 12 nitrogen and oxygen atoms in total. The van der Waals surface area contributed by atoms with E-state index in [2.05, 4.69) is 29.9 Å². The molecule has 39 heavy (non-hydrogen) atoms. The first-order chi connectivity index (χ1) is 18.9. The van der Waals surface area contributed by atoms with E-state index in [0.717, 1.165) is 61.9 Å². The van der Waals surface area contributed by atoms with Gasteiger partial charge in [0, 0.05) is 0 Å². The van der Waals surface area contributed by atoms with Gasteiger partial charge in [0.15, 0.2) is 0 Å². The molecule has 8 aliphatic rings. The average molecular weight is 1320 g/mol. The summed E-state index contributed by atoms with van der Waals surface area (Å²) in [4.78, 5) is 56.0. The molecule has 4 aromatic heterocycles. The first kappa shape index (κ1) is 27.1. The molecule has 0 saturated heterocycles. The molecular weight excluding hydrogens is 1320 g/mol. The third kappa shape index (κ3) is 5.06. The van der Waals surface area contributed by atoms with Crippen LogP contribution in [0.3, 0.4) is 0 Å². The molecule has 0 N–H and O–H groups in total. The van der Waals surface area contributed by atoms with E-state index in [1.807, 2.05) is 99.7 Å². The quantitative estimate of drug-likeness (QED) is 0.251. The van der Waals surface area contributed by atoms with Crippen LogP contribution in [0.15, 0.2) is 61.9 Å². The molecule has 192 valence electrons. The van der Waals surface area contributed by atoms with E-state index >= 15 is 0 Å². The topological polar surface area (TPSA) is 155 Å². The molecule has 0 fully saturated rings. The predicted octanol–water partition coefficient (Wildman–Crippen LogP) is 5.02. The van der Waals surface area contributed by atoms with Crippen LogP contribution < -0.4 is 0 Å². The summed E-state index contributed by atoms with van der Waals surface area (Å²) >= 11 is -9.31. The fourth-order valence-electron chi connectivity index (χ4n) is 3.55. The zero-order valence-electron chi connectivity index (χ0n) is 17.8. The van der Waals surface area contributed by atoms with Crippen molar-refractivity contribution in [1.29, 1.82) is 0 Å². The second-order valence-electron chi connectivity index (χ2n) is 7.46. The molecular formula is C12N12Pb3S12. The number of hydrogen-bond acceptors (Lipinski definition) is 24. The van der Waals surface area contributed by atoms with Gasteiger partial charge in [-0.2, -0.15) is 0 Å². The minimum absolute atomic E-state index is 0.823. The Hall–Kier alpha value is 3.01. The van der Waals surface area contributed by atoms with Crippen molar-refractivity contribution in [2.24, 2.45) is 0 Å². The second kappa shape index (κ2) is 10.0. The third-order valence-electron chi connectivity index (χ3n) is 4.89. The van der Waals surface area contributed by atoms with E-state index in [-0.39, 0.29) is 0 Å². The van der Waals surface area contributed by atoms with Crippen LogP contribution in [-0.4, -0.2) is 105 Å². The number of nitrogens with zero attached hydrogens (tertiary/aromatic N) is 12. The van der Waals surface area contributed by atoms with Crippen molar-refractivity contribution in [1.82, 2.24) is 59.8 Å². The van der Waals surface area contributed by atoms with Crippen molar-refractivity contribution >= 4 is 145 Å². The fourth-order valence-corrected chi connectivity index (χ4v) is 154. The van der Waals surface area contributed by atoms with Crippen molar-refractivity contribution < 1.29 is 0 Å². The molecule has 0 aliphatic carbocycles. The van der Waals surface area contributed by atoms with Crippen molar-refractivity contribution in [3.8, 4) is 0 Å². The summed E-state index contributed by atoms with van der Waals surface area (Å²) in [6, 6.07) is 0. The van der Waals surface area contributed by atoms with E-state index in [0.29, 0.717) is 0 Å². The molecule has 0 saturated carbocycles. The molecule has 0 radical (unpaired) electrons. The Balaban J connectivity index is 0.885. The summed E-state index contributed by atoms with van der Waals surface area (Å²) in [6.45, 7) is 0. The van der Waals surface area contributed by atoms with Crippen molar-refractivity contribution in [2.75, 3.05) is 0 Å². The molecule has 12 rings (SSSR count). The van der Waals surface area contributed by atoms with Gasteiger partial charge in [-0.25, -0.2) is 0 Å². The van der Waals surface area contributed by atoms with E-state index in [9.17, 15) is 0 Å². The van der Waals surface area contributed by atoms with Crippen molar-refractivity contribution in [3.63, 3.8) is 0 Å². The Morgan fingerprint density at radius 1 is 0.308 bits per heavy atom. The summed E-state index contributed by atoms with van der Waals surface area (Å²) in [6.07, 6.45) is 0. The van der Waals surface area contributed by atoms with Crippen molar-refractivity contribution in [2.45, 2.75) is 61.9 Å². The Morgan fingerprint density at radius 2 is 0.538 bits per heavy atom. The zero-order valence-corrected chi connectivity index (χ0v) is 39.2. The van der Waals surface area contributed by atoms with E-state index in [1.54, 1.807) is 0 Å². The van der Waals surface area contributed by atoms with Crippen LogP contribution >= 0.6 is 99.7 Å². The number of hydrogen-bond donors (Lipinski definition) is 0. The summed E-state index contributed by atoms with van der Waals surface area (Å²) in [5.74, 6) is 0. The molecule has 8 aliphatic heterocycles. The first-order valence-corrected chi connectivity index (χ1v) is 77.2. The SMILES string of the molecule is n1c2nc3nc1[S][Pb]([S]c1nc4nc(n1)[S][Pb]1([S]4)[S]c4nc([S][Pb]56[S]c7nc(nc(n7)[S]5)[S]6)nc(n4)[S]1)([S]2)[S]3. The van der Waals surface area contributed by atoms with Gasteiger partial charge in [-0.3, -0.25) is 0 Å². The van der Waals surface area contributed by atoms with Gasteiger partial charge in [0.2, 0.25) is 0 Å². The maximum absolute atomic E-state index is 4.92. The first-order valence-electron chi connectivity index (χ1n) is 10.3. The van der Waals surface area contributed by atoms with Gasteiger partial charge in [-0.05, 0) is 0 Å². The van der Waals surface area contributed by atoms with Crippen LogP contribution in [0, 0.1) is 0 Å². The van der Waals surface area contributed by atoms with Crippen LogP contribution in [0.2, 0.25) is 0 Å². The van der Waals surface area contributed by atoms with Crippen LogP contribution in [-0.2, 0) is 0 Å². The van der Waals surface area contributed by atoms with Crippen LogP contribution in [0.5, 0.6) is 0 Å². The van der Waals surface area contributed by atoms with Gasteiger partial charge in [-0.15, -0.1) is 0 Å². The summed E-state index contributed by atoms with van der Waals surface area (Å²) in [7, 11) is 22.2.